The third-order valence-electron chi connectivity index (χ3n) is 13.2. The van der Waals surface area contributed by atoms with E-state index in [1.54, 1.807) is 0 Å². The number of methoxy groups -OCH3 is 1. The minimum atomic E-state index is 0.626. The van der Waals surface area contributed by atoms with E-state index in [1.807, 2.05) is 7.11 Å². The van der Waals surface area contributed by atoms with Gasteiger partial charge in [0.05, 0.1) is 0 Å². The van der Waals surface area contributed by atoms with Crippen molar-refractivity contribution in [3.8, 4) is 0 Å². The van der Waals surface area contributed by atoms with Crippen molar-refractivity contribution in [2.45, 2.75) is 279 Å². The highest BCUT2D eigenvalue weighted by atomic mass is 16.5. The molecule has 0 spiro atoms. The highest BCUT2D eigenvalue weighted by molar-refractivity contribution is 5.48. The zero-order valence-corrected chi connectivity index (χ0v) is 43.3. The van der Waals surface area contributed by atoms with Crippen LogP contribution >= 0.6 is 0 Å². The van der Waals surface area contributed by atoms with Crippen LogP contribution in [-0.4, -0.2) is 64.3 Å². The van der Waals surface area contributed by atoms with E-state index >= 15 is 0 Å². The van der Waals surface area contributed by atoms with Crippen molar-refractivity contribution in [1.82, 2.24) is 10.2 Å². The molecular formula is C56H114N2O3. The minimum absolute atomic E-state index is 0.626. The number of aldehydes is 1. The summed E-state index contributed by atoms with van der Waals surface area (Å²) < 4.78 is 11.2. The fourth-order valence-electron chi connectivity index (χ4n) is 9.07. The number of nitrogens with one attached hydrogen (secondary N) is 1. The Balaban J connectivity index is 0. The molecule has 366 valence electrons. The van der Waals surface area contributed by atoms with E-state index < -0.39 is 0 Å². The summed E-state index contributed by atoms with van der Waals surface area (Å²) in [4.78, 5) is 13.4. The van der Waals surface area contributed by atoms with Gasteiger partial charge in [-0.05, 0) is 95.6 Å². The quantitative estimate of drug-likeness (QED) is 0.0488. The van der Waals surface area contributed by atoms with E-state index in [9.17, 15) is 4.79 Å². The predicted octanol–water partition coefficient (Wildman–Crippen LogP) is 17.2. The lowest BCUT2D eigenvalue weighted by Crippen LogP contribution is -2.38. The molecule has 0 heterocycles. The maximum Gasteiger partial charge on any atom is 0.119 e. The van der Waals surface area contributed by atoms with Gasteiger partial charge in [-0.15, -0.1) is 0 Å². The van der Waals surface area contributed by atoms with E-state index in [2.05, 4.69) is 58.8 Å². The van der Waals surface area contributed by atoms with Crippen molar-refractivity contribution in [3.05, 3.63) is 12.3 Å². The van der Waals surface area contributed by atoms with Gasteiger partial charge in [0.2, 0.25) is 0 Å². The largest absolute Gasteiger partial charge is 0.384 e. The van der Waals surface area contributed by atoms with E-state index in [4.69, 9.17) is 16.1 Å². The maximum atomic E-state index is 10.6. The maximum absolute atomic E-state index is 10.6. The minimum Gasteiger partial charge on any atom is -0.384 e. The van der Waals surface area contributed by atoms with E-state index in [1.165, 1.54) is 224 Å². The van der Waals surface area contributed by atoms with Crippen LogP contribution in [0.3, 0.4) is 0 Å². The molecule has 0 aliphatic carbocycles. The number of carbonyl (C=O) groups excluding carboxylic acids is 1. The van der Waals surface area contributed by atoms with Crippen LogP contribution in [-0.2, 0) is 14.3 Å². The Morgan fingerprint density at radius 2 is 1.05 bits per heavy atom. The molecular weight excluding hydrogens is 749 g/mol. The summed E-state index contributed by atoms with van der Waals surface area (Å²) in [6.45, 7) is 23.7. The van der Waals surface area contributed by atoms with Gasteiger partial charge in [-0.2, -0.15) is 0 Å². The second-order valence-corrected chi connectivity index (χ2v) is 19.2. The molecule has 0 aromatic heterocycles. The Morgan fingerprint density at radius 1 is 0.574 bits per heavy atom. The van der Waals surface area contributed by atoms with Gasteiger partial charge in [0, 0.05) is 51.6 Å². The molecule has 0 aliphatic rings. The van der Waals surface area contributed by atoms with Crippen molar-refractivity contribution in [1.29, 1.82) is 0 Å². The number of hydrogen-bond acceptors (Lipinski definition) is 5. The SMILES string of the molecule is C=C(C(CC)CCCCC)N(CCCNC)C(CCCCCCCCC=O)CCCCCCCCCCOCC(C)CCCCCC.CCCCCCC(CCCC)COC. The third-order valence-corrected chi connectivity index (χ3v) is 13.2. The molecule has 0 rings (SSSR count). The molecule has 0 aromatic rings. The normalized spacial score (nSPS) is 13.4. The summed E-state index contributed by atoms with van der Waals surface area (Å²) in [6.07, 6.45) is 48.1. The smallest absolute Gasteiger partial charge is 0.119 e. The zero-order valence-electron chi connectivity index (χ0n) is 43.3. The number of allylic oxidation sites excluding steroid dienone is 1. The van der Waals surface area contributed by atoms with Crippen molar-refractivity contribution in [2.75, 3.05) is 47.1 Å². The Bertz CT molecular complexity index is 852. The third kappa shape index (κ3) is 42.8. The lowest BCUT2D eigenvalue weighted by molar-refractivity contribution is -0.107. The number of nitrogens with zero attached hydrogens (tertiary/aromatic N) is 1. The van der Waals surface area contributed by atoms with Gasteiger partial charge in [-0.1, -0.05) is 209 Å². The average Bonchev–Trinajstić information content (AvgIpc) is 3.26. The van der Waals surface area contributed by atoms with Crippen LogP contribution in [0.5, 0.6) is 0 Å². The van der Waals surface area contributed by atoms with Gasteiger partial charge < -0.3 is 24.5 Å². The fraction of sp³-hybridized carbons (Fsp3) is 0.946. The van der Waals surface area contributed by atoms with Gasteiger partial charge in [-0.25, -0.2) is 0 Å². The van der Waals surface area contributed by atoms with Crippen LogP contribution in [0.2, 0.25) is 0 Å². The molecule has 61 heavy (non-hydrogen) atoms. The molecule has 1 N–H and O–H groups in total. The Kier molecular flexibility index (Phi) is 52.7. The molecule has 0 aliphatic heterocycles. The monoisotopic (exact) mass is 863 g/mol. The lowest BCUT2D eigenvalue weighted by Gasteiger charge is -2.39. The average molecular weight is 864 g/mol. The molecule has 0 bridgehead atoms. The molecule has 0 saturated heterocycles. The summed E-state index contributed by atoms with van der Waals surface area (Å²) >= 11 is 0. The fourth-order valence-corrected chi connectivity index (χ4v) is 9.07. The first-order chi connectivity index (χ1) is 29.9. The highest BCUT2D eigenvalue weighted by Crippen LogP contribution is 2.30. The van der Waals surface area contributed by atoms with Crippen molar-refractivity contribution in [3.63, 3.8) is 0 Å². The van der Waals surface area contributed by atoms with Crippen LogP contribution in [0.25, 0.3) is 0 Å². The standard InChI is InChI=1S/C43H86N2O2.C13H28O/c1-7-10-12-25-31-40(4)39-47-38-29-23-19-14-13-16-20-26-33-43(34-27-21-17-15-18-22-28-37-46)45(36-30-35-44-6)41(5)42(9-3)32-24-11-8-2;1-4-6-8-9-11-13(12-14-3)10-7-5-2/h37,40,42-44H,5,7-36,38-39H2,1-4,6H3;13H,4-12H2,1-3H3. The number of rotatable bonds is 49. The molecule has 0 aromatic carbocycles. The first kappa shape index (κ1) is 62.2. The van der Waals surface area contributed by atoms with Gasteiger partial charge >= 0.3 is 0 Å². The Morgan fingerprint density at radius 3 is 1.59 bits per heavy atom. The van der Waals surface area contributed by atoms with Gasteiger partial charge in [0.15, 0.2) is 0 Å². The van der Waals surface area contributed by atoms with E-state index in [-0.39, 0.29) is 0 Å². The number of hydrogen-bond donors (Lipinski definition) is 1. The molecule has 5 heteroatoms. The van der Waals surface area contributed by atoms with Crippen molar-refractivity contribution in [2.24, 2.45) is 17.8 Å². The second kappa shape index (κ2) is 51.7. The van der Waals surface area contributed by atoms with Gasteiger partial charge in [0.1, 0.15) is 6.29 Å². The first-order valence-corrected chi connectivity index (χ1v) is 27.5. The van der Waals surface area contributed by atoms with Gasteiger partial charge in [0.25, 0.3) is 0 Å². The first-order valence-electron chi connectivity index (χ1n) is 27.5. The summed E-state index contributed by atoms with van der Waals surface area (Å²) in [6, 6.07) is 0.633. The molecule has 0 amide bonds. The lowest BCUT2D eigenvalue weighted by atomic mass is 9.91. The van der Waals surface area contributed by atoms with Crippen molar-refractivity contribution < 1.29 is 14.3 Å². The Labute approximate surface area is 385 Å². The molecule has 0 radical (unpaired) electrons. The van der Waals surface area contributed by atoms with E-state index in [0.29, 0.717) is 17.9 Å². The Hall–Kier alpha value is -0.910. The summed E-state index contributed by atoms with van der Waals surface area (Å²) in [5, 5.41) is 3.39. The van der Waals surface area contributed by atoms with Crippen LogP contribution in [0, 0.1) is 17.8 Å². The molecule has 0 saturated carbocycles. The molecule has 4 atom stereocenters. The highest BCUT2D eigenvalue weighted by Gasteiger charge is 2.23. The molecule has 4 unspecified atom stereocenters. The molecule has 5 nitrogen and oxygen atoms in total. The summed E-state index contributed by atoms with van der Waals surface area (Å²) in [5.74, 6) is 2.16. The van der Waals surface area contributed by atoms with E-state index in [0.717, 1.165) is 58.0 Å². The summed E-state index contributed by atoms with van der Waals surface area (Å²) in [5.41, 5.74) is 1.43. The summed E-state index contributed by atoms with van der Waals surface area (Å²) in [7, 11) is 3.90. The van der Waals surface area contributed by atoms with Gasteiger partial charge in [-0.3, -0.25) is 0 Å². The molecule has 0 fully saturated rings. The number of ether oxygens (including phenoxy) is 2. The number of carbonyl (C=O) groups is 1. The predicted molar refractivity (Wildman–Crippen MR) is 273 cm³/mol. The van der Waals surface area contributed by atoms with Crippen LogP contribution < -0.4 is 5.32 Å². The zero-order chi connectivity index (χ0) is 45.3. The second-order valence-electron chi connectivity index (χ2n) is 19.2. The van der Waals surface area contributed by atoms with Crippen molar-refractivity contribution >= 4 is 6.29 Å². The number of unbranched alkanes of at least 4 members (excludes halogenated alkanes) is 22. The topological polar surface area (TPSA) is 50.8 Å². The van der Waals surface area contributed by atoms with Crippen LogP contribution in [0.4, 0.5) is 0 Å². The van der Waals surface area contributed by atoms with Crippen LogP contribution in [0.15, 0.2) is 12.3 Å². The van der Waals surface area contributed by atoms with Crippen LogP contribution in [0.1, 0.15) is 273 Å².